The van der Waals surface area contributed by atoms with E-state index in [1.165, 1.54) is 0 Å². The maximum atomic E-state index is 11.3. The molecular weight excluding hydrogens is 272 g/mol. The van der Waals surface area contributed by atoms with E-state index in [2.05, 4.69) is 25.3 Å². The molecule has 0 N–H and O–H groups in total. The van der Waals surface area contributed by atoms with Crippen molar-refractivity contribution in [3.63, 3.8) is 0 Å². The van der Waals surface area contributed by atoms with E-state index in [1.807, 2.05) is 13.8 Å². The number of hydrogen-bond donors (Lipinski definition) is 2. The van der Waals surface area contributed by atoms with Crippen LogP contribution in [0.15, 0.2) is 0 Å². The molecule has 0 amide bonds. The lowest BCUT2D eigenvalue weighted by Crippen LogP contribution is -2.31. The number of ether oxygens (including phenoxy) is 2. The zero-order chi connectivity index (χ0) is 14.0. The Kier molecular flexibility index (Phi) is 10.3. The second kappa shape index (κ2) is 10.6. The Morgan fingerprint density at radius 1 is 1.11 bits per heavy atom. The van der Waals surface area contributed by atoms with Gasteiger partial charge in [0.1, 0.15) is 6.10 Å². The first-order valence-electron chi connectivity index (χ1n) is 6.15. The summed E-state index contributed by atoms with van der Waals surface area (Å²) >= 11 is 7.73. The van der Waals surface area contributed by atoms with Crippen molar-refractivity contribution in [1.82, 2.24) is 0 Å². The zero-order valence-electron chi connectivity index (χ0n) is 10.9. The lowest BCUT2D eigenvalue weighted by Gasteiger charge is -2.25. The molecule has 2 atom stereocenters. The van der Waals surface area contributed by atoms with Gasteiger partial charge in [-0.05, 0) is 12.8 Å². The van der Waals surface area contributed by atoms with Crippen molar-refractivity contribution in [2.75, 3.05) is 18.1 Å². The third kappa shape index (κ3) is 7.16. The number of thiol groups is 2. The van der Waals surface area contributed by atoms with Gasteiger partial charge in [-0.15, -0.1) is 0 Å². The highest BCUT2D eigenvalue weighted by Crippen LogP contribution is 2.18. The van der Waals surface area contributed by atoms with Gasteiger partial charge < -0.3 is 9.47 Å². The van der Waals surface area contributed by atoms with Gasteiger partial charge in [0.15, 0.2) is 0 Å². The summed E-state index contributed by atoms with van der Waals surface area (Å²) in [6.07, 6.45) is 2.23. The van der Waals surface area contributed by atoms with Gasteiger partial charge >= 0.3 is 11.9 Å². The summed E-state index contributed by atoms with van der Waals surface area (Å²) in [7, 11) is 0. The van der Waals surface area contributed by atoms with Crippen LogP contribution < -0.4 is 0 Å². The second-order valence-electron chi connectivity index (χ2n) is 3.98. The van der Waals surface area contributed by atoms with Crippen LogP contribution >= 0.6 is 25.3 Å². The van der Waals surface area contributed by atoms with Crippen LogP contribution in [0.4, 0.5) is 0 Å². The summed E-state index contributed by atoms with van der Waals surface area (Å²) in [5.41, 5.74) is 0. The minimum atomic E-state index is -0.354. The van der Waals surface area contributed by atoms with Crippen LogP contribution in [0.3, 0.4) is 0 Å². The van der Waals surface area contributed by atoms with Crippen LogP contribution in [0, 0.1) is 5.92 Å². The third-order valence-corrected chi connectivity index (χ3v) is 3.14. The summed E-state index contributed by atoms with van der Waals surface area (Å²) in [5.74, 6) is -0.542. The largest absolute Gasteiger partial charge is 0.465 e. The molecule has 0 aliphatic heterocycles. The summed E-state index contributed by atoms with van der Waals surface area (Å²) in [4.78, 5) is 22.4. The van der Waals surface area contributed by atoms with Gasteiger partial charge in [0.2, 0.25) is 0 Å². The van der Waals surface area contributed by atoms with Crippen LogP contribution in [0.5, 0.6) is 0 Å². The van der Waals surface area contributed by atoms with Crippen molar-refractivity contribution in [3.8, 4) is 0 Å². The van der Waals surface area contributed by atoms with Crippen LogP contribution in [-0.4, -0.2) is 36.2 Å². The molecule has 106 valence electrons. The van der Waals surface area contributed by atoms with Crippen LogP contribution in [0.25, 0.3) is 0 Å². The van der Waals surface area contributed by atoms with Crippen molar-refractivity contribution >= 4 is 37.2 Å². The number of hydrogen-bond acceptors (Lipinski definition) is 6. The molecule has 0 saturated heterocycles. The Labute approximate surface area is 120 Å². The highest BCUT2D eigenvalue weighted by Gasteiger charge is 2.24. The molecule has 0 aliphatic carbocycles. The molecule has 18 heavy (non-hydrogen) atoms. The Hall–Kier alpha value is -0.360. The average molecular weight is 294 g/mol. The highest BCUT2D eigenvalue weighted by atomic mass is 32.1. The molecule has 0 aromatic rings. The van der Waals surface area contributed by atoms with Crippen LogP contribution in [0.1, 0.15) is 33.1 Å². The van der Waals surface area contributed by atoms with Crippen molar-refractivity contribution in [2.45, 2.75) is 39.2 Å². The minimum Gasteiger partial charge on any atom is -0.465 e. The molecule has 0 radical (unpaired) electrons. The van der Waals surface area contributed by atoms with Crippen LogP contribution in [-0.2, 0) is 19.1 Å². The number of carbonyl (C=O) groups is 2. The fourth-order valence-corrected chi connectivity index (χ4v) is 1.78. The monoisotopic (exact) mass is 294 g/mol. The summed E-state index contributed by atoms with van der Waals surface area (Å²) in [5, 5.41) is 0. The van der Waals surface area contributed by atoms with E-state index in [0.717, 1.165) is 19.3 Å². The topological polar surface area (TPSA) is 52.6 Å². The molecule has 0 saturated carbocycles. The summed E-state index contributed by atoms with van der Waals surface area (Å²) in [6, 6.07) is 0. The van der Waals surface area contributed by atoms with E-state index in [9.17, 15) is 9.59 Å². The first kappa shape index (κ1) is 17.6. The Morgan fingerprint density at radius 2 is 1.72 bits per heavy atom. The van der Waals surface area contributed by atoms with Crippen molar-refractivity contribution in [3.05, 3.63) is 0 Å². The molecule has 0 rings (SSSR count). The summed E-state index contributed by atoms with van der Waals surface area (Å²) < 4.78 is 10.4. The SMILES string of the molecule is CCCC(OC(=O)CS)C(CC)COC(=O)CS. The third-order valence-electron chi connectivity index (χ3n) is 2.62. The van der Waals surface area contributed by atoms with E-state index in [1.54, 1.807) is 0 Å². The Bertz CT molecular complexity index is 258. The van der Waals surface area contributed by atoms with Crippen molar-refractivity contribution in [2.24, 2.45) is 5.92 Å². The van der Waals surface area contributed by atoms with Crippen molar-refractivity contribution < 1.29 is 19.1 Å². The lowest BCUT2D eigenvalue weighted by atomic mass is 9.96. The number of carbonyl (C=O) groups excluding carboxylic acids is 2. The predicted molar refractivity (Wildman–Crippen MR) is 77.2 cm³/mol. The maximum absolute atomic E-state index is 11.3. The molecule has 0 heterocycles. The predicted octanol–water partition coefficient (Wildman–Crippen LogP) is 2.13. The van der Waals surface area contributed by atoms with E-state index < -0.39 is 0 Å². The van der Waals surface area contributed by atoms with E-state index >= 15 is 0 Å². The smallest absolute Gasteiger partial charge is 0.315 e. The zero-order valence-corrected chi connectivity index (χ0v) is 12.7. The standard InChI is InChI=1S/C12H22O4S2/c1-3-5-10(16-12(14)8-18)9(4-2)6-15-11(13)7-17/h9-10,17-18H,3-8H2,1-2H3. The normalized spacial score (nSPS) is 13.8. The molecule has 2 unspecified atom stereocenters. The number of esters is 2. The molecule has 0 bridgehead atoms. The molecule has 0 spiro atoms. The van der Waals surface area contributed by atoms with Gasteiger partial charge in [-0.1, -0.05) is 20.3 Å². The number of rotatable bonds is 9. The molecule has 0 fully saturated rings. The first-order chi connectivity index (χ1) is 8.58. The highest BCUT2D eigenvalue weighted by molar-refractivity contribution is 7.81. The van der Waals surface area contributed by atoms with E-state index in [-0.39, 0.29) is 42.1 Å². The Balaban J connectivity index is 4.40. The molecule has 0 aromatic carbocycles. The van der Waals surface area contributed by atoms with Gasteiger partial charge in [-0.3, -0.25) is 9.59 Å². The minimum absolute atomic E-state index is 0.0256. The first-order valence-corrected chi connectivity index (χ1v) is 7.42. The molecule has 4 nitrogen and oxygen atoms in total. The lowest BCUT2D eigenvalue weighted by molar-refractivity contribution is -0.152. The van der Waals surface area contributed by atoms with Gasteiger partial charge in [-0.2, -0.15) is 25.3 Å². The molecule has 0 aromatic heterocycles. The fourth-order valence-electron chi connectivity index (χ4n) is 1.62. The van der Waals surface area contributed by atoms with E-state index in [4.69, 9.17) is 9.47 Å². The van der Waals surface area contributed by atoms with Gasteiger partial charge in [-0.25, -0.2) is 0 Å². The summed E-state index contributed by atoms with van der Waals surface area (Å²) in [6.45, 7) is 4.27. The Morgan fingerprint density at radius 3 is 2.17 bits per heavy atom. The van der Waals surface area contributed by atoms with Gasteiger partial charge in [0.05, 0.1) is 18.1 Å². The second-order valence-corrected chi connectivity index (χ2v) is 4.62. The van der Waals surface area contributed by atoms with Crippen molar-refractivity contribution in [1.29, 1.82) is 0 Å². The quantitative estimate of drug-likeness (QED) is 0.505. The van der Waals surface area contributed by atoms with Gasteiger partial charge in [0.25, 0.3) is 0 Å². The average Bonchev–Trinajstić information content (AvgIpc) is 2.38. The van der Waals surface area contributed by atoms with Gasteiger partial charge in [0, 0.05) is 5.92 Å². The van der Waals surface area contributed by atoms with Crippen LogP contribution in [0.2, 0.25) is 0 Å². The fraction of sp³-hybridized carbons (Fsp3) is 0.833. The molecule has 6 heteroatoms. The molecular formula is C12H22O4S2. The maximum Gasteiger partial charge on any atom is 0.315 e. The molecule has 0 aliphatic rings. The van der Waals surface area contributed by atoms with E-state index in [0.29, 0.717) is 0 Å².